The number of benzene rings is 4. The normalized spacial score (nSPS) is 11.0. The van der Waals surface area contributed by atoms with Crippen molar-refractivity contribution < 1.29 is 55.7 Å². The molecule has 0 heterocycles. The molecule has 6 N–H and O–H groups in total. The second kappa shape index (κ2) is 20.5. The highest BCUT2D eigenvalue weighted by molar-refractivity contribution is 9.11. The van der Waals surface area contributed by atoms with Crippen molar-refractivity contribution in [2.75, 3.05) is 32.6 Å². The lowest BCUT2D eigenvalue weighted by molar-refractivity contribution is -0.141. The summed E-state index contributed by atoms with van der Waals surface area (Å²) in [7, 11) is -6.77. The molecule has 0 aliphatic rings. The van der Waals surface area contributed by atoms with Crippen LogP contribution in [0.15, 0.2) is 69.6 Å². The van der Waals surface area contributed by atoms with E-state index in [0.29, 0.717) is 43.2 Å². The van der Waals surface area contributed by atoms with E-state index < -0.39 is 56.6 Å². The summed E-state index contributed by atoms with van der Waals surface area (Å²) in [5.74, 6) is -2.55. The Labute approximate surface area is 353 Å². The van der Waals surface area contributed by atoms with Crippen molar-refractivity contribution in [3.63, 3.8) is 0 Å². The second-order valence-electron chi connectivity index (χ2n) is 13.2. The number of ether oxygens (including phenoxy) is 2. The maximum Gasteiger partial charge on any atom is 0.312 e. The Hall–Kier alpha value is -5.18. The van der Waals surface area contributed by atoms with Gasteiger partial charge in [0.05, 0.1) is 21.5 Å². The number of aliphatic carboxylic acids is 2. The van der Waals surface area contributed by atoms with Gasteiger partial charge in [0.15, 0.2) is 0 Å². The molecular weight excluding hydrogens is 928 g/mol. The molecule has 0 unspecified atom stereocenters. The number of hydrogen-bond acceptors (Lipinski definition) is 10. The summed E-state index contributed by atoms with van der Waals surface area (Å²) in [5.41, 5.74) is 6.68. The Bertz CT molecular complexity index is 2230. The zero-order chi connectivity index (χ0) is 43.5. The minimum absolute atomic E-state index is 0.169. The van der Waals surface area contributed by atoms with Crippen molar-refractivity contribution >= 4 is 98.4 Å². The molecule has 0 aromatic heterocycles. The fourth-order valence-corrected chi connectivity index (χ4v) is 7.96. The number of carbonyl (C=O) groups excluding carboxylic acids is 2. The van der Waals surface area contributed by atoms with Gasteiger partial charge in [-0.25, -0.2) is 16.8 Å². The molecule has 0 bridgehead atoms. The van der Waals surface area contributed by atoms with Crippen LogP contribution >= 0.6 is 31.9 Å². The predicted octanol–water partition coefficient (Wildman–Crippen LogP) is 6.86. The average molecular weight is 971 g/mol. The van der Waals surface area contributed by atoms with Gasteiger partial charge in [0.1, 0.15) is 37.6 Å². The minimum atomic E-state index is -3.39. The second-order valence-corrected chi connectivity index (χ2v) is 18.4. The maximum atomic E-state index is 11.6. The van der Waals surface area contributed by atoms with E-state index in [1.54, 1.807) is 48.5 Å². The van der Waals surface area contributed by atoms with Gasteiger partial charge in [0.25, 0.3) is 0 Å². The van der Waals surface area contributed by atoms with E-state index in [9.17, 15) is 36.0 Å². The third kappa shape index (κ3) is 16.7. The first-order chi connectivity index (χ1) is 26.8. The number of carbonyl (C=O) groups is 4. The van der Waals surface area contributed by atoms with Gasteiger partial charge in [-0.15, -0.1) is 0 Å². The number of rotatable bonds is 16. The topological polar surface area (TPSA) is 244 Å². The number of sulfonamides is 2. The van der Waals surface area contributed by atoms with Crippen LogP contribution in [0.25, 0.3) is 0 Å². The van der Waals surface area contributed by atoms with E-state index in [2.05, 4.69) is 51.9 Å². The third-order valence-corrected chi connectivity index (χ3v) is 9.69. The number of halogens is 2. The Morgan fingerprint density at radius 2 is 0.914 bits per heavy atom. The van der Waals surface area contributed by atoms with E-state index >= 15 is 0 Å². The monoisotopic (exact) mass is 968 g/mol. The van der Waals surface area contributed by atoms with Crippen molar-refractivity contribution in [1.29, 1.82) is 0 Å². The largest absolute Gasteiger partial charge is 0.488 e. The highest BCUT2D eigenvalue weighted by Crippen LogP contribution is 2.37. The van der Waals surface area contributed by atoms with Crippen LogP contribution in [0.1, 0.15) is 46.2 Å². The summed E-state index contributed by atoms with van der Waals surface area (Å²) in [6.45, 7) is 7.75. The highest BCUT2D eigenvalue weighted by Gasteiger charge is 2.15. The van der Waals surface area contributed by atoms with Crippen LogP contribution in [0.5, 0.6) is 11.5 Å². The lowest BCUT2D eigenvalue weighted by Crippen LogP contribution is -2.16. The third-order valence-electron chi connectivity index (χ3n) is 7.30. The van der Waals surface area contributed by atoms with E-state index in [1.165, 1.54) is 0 Å². The molecule has 0 saturated carbocycles. The first-order valence-corrected chi connectivity index (χ1v) is 22.3. The van der Waals surface area contributed by atoms with Crippen molar-refractivity contribution in [1.82, 2.24) is 0 Å². The molecule has 0 aliphatic carbocycles. The smallest absolute Gasteiger partial charge is 0.312 e. The van der Waals surface area contributed by atoms with Crippen LogP contribution < -0.4 is 29.6 Å². The van der Waals surface area contributed by atoms with Crippen LogP contribution in [0.4, 0.5) is 22.7 Å². The van der Waals surface area contributed by atoms with Crippen molar-refractivity contribution in [3.8, 4) is 11.5 Å². The van der Waals surface area contributed by atoms with Gasteiger partial charge >= 0.3 is 11.9 Å². The number of nitrogens with one attached hydrogen (secondary N) is 4. The first kappa shape index (κ1) is 47.2. The number of amides is 2. The summed E-state index contributed by atoms with van der Waals surface area (Å²) in [5, 5.41) is 22.4. The highest BCUT2D eigenvalue weighted by atomic mass is 79.9. The molecule has 0 spiro atoms. The molecule has 4 aromatic carbocycles. The number of anilines is 4. The standard InChI is InChI=1S/C20H24N2O6S.C18H18Br2N2O6S/c1-12-5-15(9-17(6-12)22-29(4,26)27)11-28-20-13(2)7-16(8-14(20)3)21-18(23)10-19(24)25;1-10-3-11(5-13(4-10)22-29(2,26)27)9-28-18-14(19)6-12(7-15(18)20)21-16(23)8-17(24)25/h5-9,22H,10-11H2,1-4H3,(H,21,23)(H,24,25);3-7,22H,8-9H2,1-2H3,(H,21,23)(H,24,25). The number of hydrogen-bond donors (Lipinski definition) is 6. The van der Waals surface area contributed by atoms with Gasteiger partial charge in [-0.05, 0) is 141 Å². The van der Waals surface area contributed by atoms with Crippen molar-refractivity contribution in [2.24, 2.45) is 0 Å². The van der Waals surface area contributed by atoms with Gasteiger partial charge < -0.3 is 30.3 Å². The molecule has 0 aliphatic heterocycles. The molecule has 312 valence electrons. The molecule has 0 fully saturated rings. The Morgan fingerprint density at radius 3 is 1.28 bits per heavy atom. The van der Waals surface area contributed by atoms with Crippen LogP contribution in [-0.4, -0.2) is 63.3 Å². The molecule has 2 amide bonds. The quantitative estimate of drug-likeness (QED) is 0.0631. The van der Waals surface area contributed by atoms with Crippen molar-refractivity contribution in [2.45, 2.75) is 53.8 Å². The molecule has 4 rings (SSSR count). The Morgan fingerprint density at radius 1 is 0.552 bits per heavy atom. The van der Waals surface area contributed by atoms with Gasteiger partial charge in [-0.2, -0.15) is 0 Å². The van der Waals surface area contributed by atoms with Crippen LogP contribution in [0.2, 0.25) is 0 Å². The zero-order valence-corrected chi connectivity index (χ0v) is 37.0. The minimum Gasteiger partial charge on any atom is -0.488 e. The number of aryl methyl sites for hydroxylation is 4. The van der Waals surface area contributed by atoms with Crippen LogP contribution in [0.3, 0.4) is 0 Å². The summed E-state index contributed by atoms with van der Waals surface area (Å²) >= 11 is 6.73. The lowest BCUT2D eigenvalue weighted by atomic mass is 10.1. The van der Waals surface area contributed by atoms with Gasteiger partial charge in [-0.3, -0.25) is 28.6 Å². The van der Waals surface area contributed by atoms with Gasteiger partial charge in [0.2, 0.25) is 31.9 Å². The molecule has 20 heteroatoms. The molecule has 0 atom stereocenters. The van der Waals surface area contributed by atoms with Crippen LogP contribution in [0, 0.1) is 27.7 Å². The first-order valence-electron chi connectivity index (χ1n) is 16.9. The van der Waals surface area contributed by atoms with E-state index in [1.807, 2.05) is 39.8 Å². The number of carboxylic acids is 2. The molecule has 0 saturated heterocycles. The Kier molecular flexibility index (Phi) is 16.7. The summed E-state index contributed by atoms with van der Waals surface area (Å²) in [6.07, 6.45) is 0.934. The summed E-state index contributed by atoms with van der Waals surface area (Å²) in [6, 6.07) is 17.2. The summed E-state index contributed by atoms with van der Waals surface area (Å²) < 4.78 is 63.5. The Balaban J connectivity index is 0.000000310. The van der Waals surface area contributed by atoms with Gasteiger partial charge in [0, 0.05) is 22.7 Å². The fraction of sp³-hybridized carbons (Fsp3) is 0.263. The lowest BCUT2D eigenvalue weighted by Gasteiger charge is -2.15. The zero-order valence-electron chi connectivity index (χ0n) is 32.2. The van der Waals surface area contributed by atoms with E-state index in [0.717, 1.165) is 45.9 Å². The summed E-state index contributed by atoms with van der Waals surface area (Å²) in [4.78, 5) is 44.4. The van der Waals surface area contributed by atoms with E-state index in [-0.39, 0.29) is 13.2 Å². The fourth-order valence-electron chi connectivity index (χ4n) is 5.45. The molecular formula is C38H42Br2N4O12S2. The SMILES string of the molecule is Cc1cc(COc2c(Br)cc(NC(=O)CC(=O)O)cc2Br)cc(NS(C)(=O)=O)c1.Cc1cc(COc2c(C)cc(NC(=O)CC(=O)O)cc2C)cc(NS(C)(=O)=O)c1. The molecule has 58 heavy (non-hydrogen) atoms. The molecule has 4 aromatic rings. The predicted molar refractivity (Wildman–Crippen MR) is 227 cm³/mol. The van der Waals surface area contributed by atoms with Crippen LogP contribution in [-0.2, 0) is 52.4 Å². The van der Waals surface area contributed by atoms with Crippen molar-refractivity contribution in [3.05, 3.63) is 103 Å². The van der Waals surface area contributed by atoms with E-state index in [4.69, 9.17) is 19.7 Å². The average Bonchev–Trinajstić information content (AvgIpc) is 3.01. The number of carboxylic acid groups (broad SMARTS) is 2. The maximum absolute atomic E-state index is 11.6. The molecule has 16 nitrogen and oxygen atoms in total. The van der Waals surface area contributed by atoms with Gasteiger partial charge in [-0.1, -0.05) is 12.1 Å². The molecule has 0 radical (unpaired) electrons.